The molecule has 0 radical (unpaired) electrons. The Balaban J connectivity index is 1.77. The predicted octanol–water partition coefficient (Wildman–Crippen LogP) is 5.28. The SMILES string of the molecule is CSc1ncccc1-c1ncc(-c2ccc3ccccc3c2)o1. The van der Waals surface area contributed by atoms with Gasteiger partial charge in [-0.1, -0.05) is 36.4 Å². The number of benzene rings is 2. The van der Waals surface area contributed by atoms with Gasteiger partial charge in [-0.15, -0.1) is 11.8 Å². The molecule has 0 unspecified atom stereocenters. The first kappa shape index (κ1) is 14.0. The van der Waals surface area contributed by atoms with Crippen molar-refractivity contribution in [2.45, 2.75) is 5.03 Å². The number of fused-ring (bicyclic) bond motifs is 1. The Morgan fingerprint density at radius 3 is 2.65 bits per heavy atom. The summed E-state index contributed by atoms with van der Waals surface area (Å²) < 4.78 is 5.98. The molecule has 4 aromatic rings. The summed E-state index contributed by atoms with van der Waals surface area (Å²) in [4.78, 5) is 8.79. The van der Waals surface area contributed by atoms with E-state index >= 15 is 0 Å². The smallest absolute Gasteiger partial charge is 0.229 e. The van der Waals surface area contributed by atoms with Gasteiger partial charge >= 0.3 is 0 Å². The molecule has 0 amide bonds. The molecule has 0 N–H and O–H groups in total. The molecule has 2 aromatic heterocycles. The highest BCUT2D eigenvalue weighted by Gasteiger charge is 2.12. The van der Waals surface area contributed by atoms with Crippen molar-refractivity contribution >= 4 is 22.5 Å². The Hall–Kier alpha value is -2.59. The molecular formula is C19H14N2OS. The zero-order chi connectivity index (χ0) is 15.6. The van der Waals surface area contributed by atoms with E-state index in [1.807, 2.05) is 30.5 Å². The van der Waals surface area contributed by atoms with Gasteiger partial charge in [0.05, 0.1) is 11.8 Å². The molecular weight excluding hydrogens is 304 g/mol. The molecule has 0 aliphatic rings. The van der Waals surface area contributed by atoms with Crippen LogP contribution in [0.1, 0.15) is 0 Å². The molecule has 0 fully saturated rings. The summed E-state index contributed by atoms with van der Waals surface area (Å²) in [6.45, 7) is 0. The van der Waals surface area contributed by atoms with E-state index in [1.54, 1.807) is 24.2 Å². The average molecular weight is 318 g/mol. The van der Waals surface area contributed by atoms with Crippen LogP contribution in [0.25, 0.3) is 33.6 Å². The number of nitrogens with zero attached hydrogens (tertiary/aromatic N) is 2. The Labute approximate surface area is 138 Å². The molecule has 112 valence electrons. The van der Waals surface area contributed by atoms with Crippen molar-refractivity contribution in [2.75, 3.05) is 6.26 Å². The molecule has 23 heavy (non-hydrogen) atoms. The van der Waals surface area contributed by atoms with Crippen molar-refractivity contribution in [3.8, 4) is 22.8 Å². The van der Waals surface area contributed by atoms with Gasteiger partial charge in [-0.2, -0.15) is 0 Å². The van der Waals surface area contributed by atoms with Crippen LogP contribution in [-0.2, 0) is 0 Å². The summed E-state index contributed by atoms with van der Waals surface area (Å²) in [6, 6.07) is 18.4. The van der Waals surface area contributed by atoms with Gasteiger partial charge in [-0.25, -0.2) is 9.97 Å². The fraction of sp³-hybridized carbons (Fsp3) is 0.0526. The van der Waals surface area contributed by atoms with Gasteiger partial charge < -0.3 is 4.42 Å². The number of hydrogen-bond donors (Lipinski definition) is 0. The summed E-state index contributed by atoms with van der Waals surface area (Å²) >= 11 is 1.59. The van der Waals surface area contributed by atoms with E-state index in [2.05, 4.69) is 40.3 Å². The third-order valence-corrected chi connectivity index (χ3v) is 4.45. The van der Waals surface area contributed by atoms with E-state index in [0.29, 0.717) is 5.89 Å². The topological polar surface area (TPSA) is 38.9 Å². The molecule has 3 nitrogen and oxygen atoms in total. The number of hydrogen-bond acceptors (Lipinski definition) is 4. The van der Waals surface area contributed by atoms with Crippen molar-refractivity contribution in [3.05, 3.63) is 67.0 Å². The normalized spacial score (nSPS) is 11.0. The first-order valence-electron chi connectivity index (χ1n) is 7.29. The highest BCUT2D eigenvalue weighted by molar-refractivity contribution is 7.98. The van der Waals surface area contributed by atoms with E-state index in [9.17, 15) is 0 Å². The molecule has 2 aromatic carbocycles. The van der Waals surface area contributed by atoms with Gasteiger partial charge in [0.15, 0.2) is 5.76 Å². The summed E-state index contributed by atoms with van der Waals surface area (Å²) in [7, 11) is 0. The van der Waals surface area contributed by atoms with Gasteiger partial charge in [-0.3, -0.25) is 0 Å². The second kappa shape index (κ2) is 5.89. The summed E-state index contributed by atoms with van der Waals surface area (Å²) in [5.41, 5.74) is 1.95. The highest BCUT2D eigenvalue weighted by atomic mass is 32.2. The third kappa shape index (κ3) is 2.62. The fourth-order valence-electron chi connectivity index (χ4n) is 2.59. The van der Waals surface area contributed by atoms with Crippen LogP contribution in [0.4, 0.5) is 0 Å². The van der Waals surface area contributed by atoms with Gasteiger partial charge in [-0.05, 0) is 35.2 Å². The van der Waals surface area contributed by atoms with Gasteiger partial charge in [0.1, 0.15) is 5.03 Å². The van der Waals surface area contributed by atoms with Crippen LogP contribution >= 0.6 is 11.8 Å². The van der Waals surface area contributed by atoms with Crippen LogP contribution in [0, 0.1) is 0 Å². The van der Waals surface area contributed by atoms with E-state index < -0.39 is 0 Å². The largest absolute Gasteiger partial charge is 0.436 e. The molecule has 0 bridgehead atoms. The van der Waals surface area contributed by atoms with Crippen LogP contribution in [0.5, 0.6) is 0 Å². The first-order chi connectivity index (χ1) is 11.3. The van der Waals surface area contributed by atoms with Crippen molar-refractivity contribution in [3.63, 3.8) is 0 Å². The predicted molar refractivity (Wildman–Crippen MR) is 94.5 cm³/mol. The van der Waals surface area contributed by atoms with Crippen molar-refractivity contribution in [1.29, 1.82) is 0 Å². The van der Waals surface area contributed by atoms with E-state index in [1.165, 1.54) is 10.8 Å². The summed E-state index contributed by atoms with van der Waals surface area (Å²) in [6.07, 6.45) is 5.55. The second-order valence-electron chi connectivity index (χ2n) is 5.15. The van der Waals surface area contributed by atoms with Crippen molar-refractivity contribution in [1.82, 2.24) is 9.97 Å². The number of oxazole rings is 1. The lowest BCUT2D eigenvalue weighted by molar-refractivity contribution is 0.586. The monoisotopic (exact) mass is 318 g/mol. The lowest BCUT2D eigenvalue weighted by atomic mass is 10.1. The average Bonchev–Trinajstić information content (AvgIpc) is 3.11. The lowest BCUT2D eigenvalue weighted by Crippen LogP contribution is -1.84. The number of aromatic nitrogens is 2. The second-order valence-corrected chi connectivity index (χ2v) is 5.95. The zero-order valence-corrected chi connectivity index (χ0v) is 13.4. The number of rotatable bonds is 3. The number of pyridine rings is 1. The molecule has 4 rings (SSSR count). The quantitative estimate of drug-likeness (QED) is 0.482. The fourth-order valence-corrected chi connectivity index (χ4v) is 3.13. The molecule has 0 saturated heterocycles. The van der Waals surface area contributed by atoms with E-state index in [4.69, 9.17) is 4.42 Å². The minimum atomic E-state index is 0.602. The molecule has 0 spiro atoms. The standard InChI is InChI=1S/C19H14N2OS/c1-23-19-16(7-4-10-20-19)18-21-12-17(22-18)15-9-8-13-5-2-3-6-14(13)11-15/h2-12H,1H3. The molecule has 0 aliphatic carbocycles. The van der Waals surface area contributed by atoms with Gasteiger partial charge in [0, 0.05) is 11.8 Å². The molecule has 4 heteroatoms. The van der Waals surface area contributed by atoms with Crippen LogP contribution < -0.4 is 0 Å². The molecule has 0 aliphatic heterocycles. The highest BCUT2D eigenvalue weighted by Crippen LogP contribution is 2.31. The Bertz CT molecular complexity index is 978. The maximum atomic E-state index is 5.98. The first-order valence-corrected chi connectivity index (χ1v) is 8.52. The maximum absolute atomic E-state index is 5.98. The Morgan fingerprint density at radius 2 is 1.78 bits per heavy atom. The number of thioether (sulfide) groups is 1. The Morgan fingerprint density at radius 1 is 0.913 bits per heavy atom. The lowest BCUT2D eigenvalue weighted by Gasteiger charge is -2.02. The summed E-state index contributed by atoms with van der Waals surface area (Å²) in [5, 5.41) is 3.32. The minimum Gasteiger partial charge on any atom is -0.436 e. The molecule has 0 saturated carbocycles. The van der Waals surface area contributed by atoms with Crippen LogP contribution in [0.3, 0.4) is 0 Å². The zero-order valence-electron chi connectivity index (χ0n) is 12.6. The Kier molecular flexibility index (Phi) is 3.60. The maximum Gasteiger partial charge on any atom is 0.229 e. The van der Waals surface area contributed by atoms with Crippen LogP contribution in [0.15, 0.2) is 76.4 Å². The minimum absolute atomic E-state index is 0.602. The van der Waals surface area contributed by atoms with Gasteiger partial charge in [0.2, 0.25) is 5.89 Å². The van der Waals surface area contributed by atoms with Crippen molar-refractivity contribution < 1.29 is 4.42 Å². The molecule has 0 atom stereocenters. The van der Waals surface area contributed by atoms with Crippen LogP contribution in [-0.4, -0.2) is 16.2 Å². The van der Waals surface area contributed by atoms with Gasteiger partial charge in [0.25, 0.3) is 0 Å². The van der Waals surface area contributed by atoms with Crippen molar-refractivity contribution in [2.24, 2.45) is 0 Å². The van der Waals surface area contributed by atoms with E-state index in [0.717, 1.165) is 21.9 Å². The van der Waals surface area contributed by atoms with Crippen LogP contribution in [0.2, 0.25) is 0 Å². The van der Waals surface area contributed by atoms with E-state index in [-0.39, 0.29) is 0 Å². The molecule has 2 heterocycles. The third-order valence-electron chi connectivity index (χ3n) is 3.73. The summed E-state index contributed by atoms with van der Waals surface area (Å²) in [5.74, 6) is 1.37.